The molecule has 0 unspecified atom stereocenters. The molecule has 0 amide bonds. The first kappa shape index (κ1) is 23.7. The van der Waals surface area contributed by atoms with Crippen LogP contribution in [0.5, 0.6) is 5.75 Å². The number of hydrogen-bond acceptors (Lipinski definition) is 4. The van der Waals surface area contributed by atoms with E-state index in [2.05, 4.69) is 11.9 Å². The molecule has 0 aliphatic rings. The molecule has 0 spiro atoms. The normalized spacial score (nSPS) is 12.4. The van der Waals surface area contributed by atoms with Crippen LogP contribution in [0.1, 0.15) is 50.7 Å². The van der Waals surface area contributed by atoms with Gasteiger partial charge in [0.2, 0.25) is 0 Å². The van der Waals surface area contributed by atoms with Crippen LogP contribution in [-0.4, -0.2) is 30.8 Å². The van der Waals surface area contributed by atoms with E-state index in [1.807, 2.05) is 54.7 Å². The van der Waals surface area contributed by atoms with E-state index in [-0.39, 0.29) is 12.0 Å². The van der Waals surface area contributed by atoms with Crippen molar-refractivity contribution in [3.8, 4) is 5.75 Å². The van der Waals surface area contributed by atoms with E-state index in [9.17, 15) is 4.79 Å². The van der Waals surface area contributed by atoms with Crippen molar-refractivity contribution in [3.63, 3.8) is 0 Å². The van der Waals surface area contributed by atoms with Gasteiger partial charge < -0.3 is 9.47 Å². The Morgan fingerprint density at radius 1 is 1.03 bits per heavy atom. The Balaban J connectivity index is 1.81. The summed E-state index contributed by atoms with van der Waals surface area (Å²) in [5.41, 5.74) is 2.74. The largest absolute Gasteiger partial charge is 0.494 e. The third-order valence-corrected chi connectivity index (χ3v) is 4.40. The van der Waals surface area contributed by atoms with Gasteiger partial charge in [-0.05, 0) is 66.9 Å². The molecule has 1 atom stereocenters. The molecule has 160 valence electrons. The number of aliphatic imine (C=N–C) groups is 1. The molecular formula is C25H30ClNO3. The van der Waals surface area contributed by atoms with Gasteiger partial charge in [0.25, 0.3) is 0 Å². The fourth-order valence-corrected chi connectivity index (χ4v) is 2.66. The summed E-state index contributed by atoms with van der Waals surface area (Å²) in [6, 6.07) is 15.5. The number of ether oxygens (including phenoxy) is 2. The minimum Gasteiger partial charge on any atom is -0.494 e. The number of hydrogen-bond donors (Lipinski definition) is 0. The van der Waals surface area contributed by atoms with Gasteiger partial charge in [-0.25, -0.2) is 4.79 Å². The van der Waals surface area contributed by atoms with Gasteiger partial charge in [-0.15, -0.1) is 11.6 Å². The summed E-state index contributed by atoms with van der Waals surface area (Å²) in [5, 5.41) is -0.196. The number of nitrogens with zero attached hydrogens (tertiary/aromatic N) is 1. The molecule has 0 fully saturated rings. The van der Waals surface area contributed by atoms with Crippen LogP contribution < -0.4 is 4.74 Å². The Hall–Kier alpha value is -2.59. The monoisotopic (exact) mass is 427 g/mol. The van der Waals surface area contributed by atoms with Gasteiger partial charge in [0.05, 0.1) is 17.7 Å². The molecule has 0 N–H and O–H groups in total. The van der Waals surface area contributed by atoms with Crippen LogP contribution in [0.15, 0.2) is 59.6 Å². The molecule has 0 aliphatic carbocycles. The van der Waals surface area contributed by atoms with E-state index in [1.54, 1.807) is 13.0 Å². The zero-order valence-corrected chi connectivity index (χ0v) is 18.5. The smallest absolute Gasteiger partial charge is 0.330 e. The van der Waals surface area contributed by atoms with Crippen molar-refractivity contribution < 1.29 is 14.3 Å². The lowest BCUT2D eigenvalue weighted by molar-refractivity contribution is -0.137. The maximum atomic E-state index is 11.6. The van der Waals surface area contributed by atoms with E-state index in [4.69, 9.17) is 21.1 Å². The number of rotatable bonds is 12. The number of benzene rings is 2. The van der Waals surface area contributed by atoms with Gasteiger partial charge >= 0.3 is 5.97 Å². The molecule has 0 radical (unpaired) electrons. The second-order valence-electron chi connectivity index (χ2n) is 7.07. The summed E-state index contributed by atoms with van der Waals surface area (Å²) < 4.78 is 10.8. The number of carbonyl (C=O) groups excluding carboxylic acids is 1. The predicted molar refractivity (Wildman–Crippen MR) is 125 cm³/mol. The molecule has 4 nitrogen and oxygen atoms in total. The standard InChI is InChI=1S/C25H30ClNO3/c1-3-4-5-6-17-29-24-14-9-22(10-15-24)18-27-23-12-7-21(8-13-23)11-16-25(28)30-19-20(2)26/h7-16,18,20H,3-6,17,19H2,1-2H3/b16-11+,27-18?/t20-/m1/s1. The molecule has 2 rings (SSSR count). The molecule has 0 bridgehead atoms. The van der Waals surface area contributed by atoms with Crippen molar-refractivity contribution in [2.75, 3.05) is 13.2 Å². The van der Waals surface area contributed by atoms with Gasteiger partial charge in [-0.2, -0.15) is 0 Å². The summed E-state index contributed by atoms with van der Waals surface area (Å²) >= 11 is 5.75. The van der Waals surface area contributed by atoms with Gasteiger partial charge in [0, 0.05) is 12.3 Å². The lowest BCUT2D eigenvalue weighted by Gasteiger charge is -2.05. The van der Waals surface area contributed by atoms with Gasteiger partial charge in [-0.1, -0.05) is 38.3 Å². The second kappa shape index (κ2) is 13.6. The van der Waals surface area contributed by atoms with Crippen LogP contribution in [0.4, 0.5) is 5.69 Å². The lowest BCUT2D eigenvalue weighted by atomic mass is 10.2. The fraction of sp³-hybridized carbons (Fsp3) is 0.360. The molecule has 0 aromatic heterocycles. The van der Waals surface area contributed by atoms with E-state index in [0.29, 0.717) is 0 Å². The van der Waals surface area contributed by atoms with Crippen molar-refractivity contribution >= 4 is 35.5 Å². The van der Waals surface area contributed by atoms with E-state index in [1.165, 1.54) is 25.3 Å². The molecule has 30 heavy (non-hydrogen) atoms. The Morgan fingerprint density at radius 3 is 2.40 bits per heavy atom. The first-order chi connectivity index (χ1) is 14.6. The molecule has 0 saturated carbocycles. The summed E-state index contributed by atoms with van der Waals surface area (Å²) in [5.74, 6) is 0.483. The number of carbonyl (C=O) groups is 1. The number of esters is 1. The van der Waals surface area contributed by atoms with Crippen LogP contribution in [0.3, 0.4) is 0 Å². The average Bonchev–Trinajstić information content (AvgIpc) is 2.76. The maximum Gasteiger partial charge on any atom is 0.330 e. The zero-order valence-electron chi connectivity index (χ0n) is 17.7. The minimum absolute atomic E-state index is 0.196. The second-order valence-corrected chi connectivity index (χ2v) is 7.82. The van der Waals surface area contributed by atoms with Crippen molar-refractivity contribution in [2.24, 2.45) is 4.99 Å². The molecule has 0 aliphatic heterocycles. The first-order valence-corrected chi connectivity index (χ1v) is 10.9. The Labute approximate surface area is 184 Å². The van der Waals surface area contributed by atoms with Crippen molar-refractivity contribution in [2.45, 2.75) is 44.9 Å². The summed E-state index contributed by atoms with van der Waals surface area (Å²) in [4.78, 5) is 16.1. The highest BCUT2D eigenvalue weighted by molar-refractivity contribution is 6.20. The highest BCUT2D eigenvalue weighted by atomic mass is 35.5. The number of halogens is 1. The molecular weight excluding hydrogens is 398 g/mol. The van der Waals surface area contributed by atoms with Crippen molar-refractivity contribution in [1.29, 1.82) is 0 Å². The van der Waals surface area contributed by atoms with E-state index < -0.39 is 5.97 Å². The molecule has 0 heterocycles. The first-order valence-electron chi connectivity index (χ1n) is 10.4. The highest BCUT2D eigenvalue weighted by Gasteiger charge is 2.01. The van der Waals surface area contributed by atoms with Crippen molar-refractivity contribution in [1.82, 2.24) is 0 Å². The van der Waals surface area contributed by atoms with Crippen LogP contribution in [0.2, 0.25) is 0 Å². The van der Waals surface area contributed by atoms with Crippen LogP contribution in [0.25, 0.3) is 6.08 Å². The Bertz CT molecular complexity index is 811. The van der Waals surface area contributed by atoms with E-state index in [0.717, 1.165) is 35.6 Å². The molecule has 2 aromatic rings. The Kier molecular flexibility index (Phi) is 10.7. The predicted octanol–water partition coefficient (Wildman–Crippen LogP) is 6.58. The topological polar surface area (TPSA) is 47.9 Å². The van der Waals surface area contributed by atoms with Crippen LogP contribution in [0, 0.1) is 0 Å². The molecule has 5 heteroatoms. The lowest BCUT2D eigenvalue weighted by Crippen LogP contribution is -2.09. The van der Waals surface area contributed by atoms with E-state index >= 15 is 0 Å². The molecule has 0 saturated heterocycles. The van der Waals surface area contributed by atoms with Crippen LogP contribution in [-0.2, 0) is 9.53 Å². The summed E-state index contributed by atoms with van der Waals surface area (Å²) in [7, 11) is 0. The maximum absolute atomic E-state index is 11.6. The van der Waals surface area contributed by atoms with Crippen molar-refractivity contribution in [3.05, 3.63) is 65.7 Å². The third-order valence-electron chi connectivity index (χ3n) is 4.27. The summed E-state index contributed by atoms with van der Waals surface area (Å²) in [6.07, 6.45) is 9.72. The summed E-state index contributed by atoms with van der Waals surface area (Å²) in [6.45, 7) is 4.94. The Morgan fingerprint density at radius 2 is 1.73 bits per heavy atom. The number of unbranched alkanes of at least 4 members (excludes halogenated alkanes) is 3. The van der Waals surface area contributed by atoms with Crippen LogP contribution >= 0.6 is 11.6 Å². The zero-order chi connectivity index (χ0) is 21.6. The minimum atomic E-state index is -0.405. The molecule has 2 aromatic carbocycles. The average molecular weight is 428 g/mol. The highest BCUT2D eigenvalue weighted by Crippen LogP contribution is 2.16. The number of alkyl halides is 1. The fourth-order valence-electron chi connectivity index (χ4n) is 2.60. The van der Waals surface area contributed by atoms with Gasteiger partial charge in [0.1, 0.15) is 12.4 Å². The third kappa shape index (κ3) is 9.75. The SMILES string of the molecule is CCCCCCOc1ccc(C=Nc2ccc(/C=C/C(=O)OC[C@@H](C)Cl)cc2)cc1. The quantitative estimate of drug-likeness (QED) is 0.126. The van der Waals surface area contributed by atoms with Gasteiger partial charge in [0.15, 0.2) is 0 Å². The van der Waals surface area contributed by atoms with Gasteiger partial charge in [-0.3, -0.25) is 4.99 Å².